The monoisotopic (exact) mass is 317 g/mol. The molecule has 4 nitrogen and oxygen atoms in total. The molecule has 1 amide bonds. The van der Waals surface area contributed by atoms with Gasteiger partial charge in [0.1, 0.15) is 11.0 Å². The van der Waals surface area contributed by atoms with Crippen LogP contribution in [0.15, 0.2) is 48.5 Å². The fraction of sp³-hybridized carbons (Fsp3) is 0. The van der Waals surface area contributed by atoms with Gasteiger partial charge in [-0.15, -0.1) is 0 Å². The van der Waals surface area contributed by atoms with E-state index in [4.69, 9.17) is 23.2 Å². The van der Waals surface area contributed by atoms with Gasteiger partial charge in [-0.25, -0.2) is 9.97 Å². The van der Waals surface area contributed by atoms with Crippen molar-refractivity contribution in [2.45, 2.75) is 0 Å². The Labute approximate surface area is 130 Å². The van der Waals surface area contributed by atoms with Crippen molar-refractivity contribution in [3.8, 4) is 0 Å². The largest absolute Gasteiger partial charge is 0.306 e. The molecule has 1 aromatic heterocycles. The zero-order chi connectivity index (χ0) is 14.8. The quantitative estimate of drug-likeness (QED) is 0.569. The smallest absolute Gasteiger partial charge is 0.257 e. The van der Waals surface area contributed by atoms with E-state index in [2.05, 4.69) is 15.3 Å². The van der Waals surface area contributed by atoms with Gasteiger partial charge < -0.3 is 5.32 Å². The summed E-state index contributed by atoms with van der Waals surface area (Å²) < 4.78 is 0. The molecule has 104 valence electrons. The van der Waals surface area contributed by atoms with E-state index in [0.29, 0.717) is 5.56 Å². The lowest BCUT2D eigenvalue weighted by atomic mass is 10.0. The van der Waals surface area contributed by atoms with Gasteiger partial charge in [0.05, 0.1) is 0 Å². The topological polar surface area (TPSA) is 54.9 Å². The fourth-order valence-electron chi connectivity index (χ4n) is 2.06. The molecule has 0 aliphatic rings. The summed E-state index contributed by atoms with van der Waals surface area (Å²) in [5.74, 6) is -0.0180. The van der Waals surface area contributed by atoms with Crippen LogP contribution in [-0.2, 0) is 0 Å². The first kappa shape index (κ1) is 13.8. The average Bonchev–Trinajstić information content (AvgIpc) is 2.45. The summed E-state index contributed by atoms with van der Waals surface area (Å²) in [7, 11) is 0. The molecule has 0 saturated carbocycles. The zero-order valence-electron chi connectivity index (χ0n) is 10.7. The van der Waals surface area contributed by atoms with Crippen molar-refractivity contribution in [1.29, 1.82) is 0 Å². The zero-order valence-corrected chi connectivity index (χ0v) is 12.2. The highest BCUT2D eigenvalue weighted by molar-refractivity contribution is 6.32. The van der Waals surface area contributed by atoms with Crippen LogP contribution in [0, 0.1) is 0 Å². The van der Waals surface area contributed by atoms with Crippen LogP contribution >= 0.6 is 23.2 Å². The van der Waals surface area contributed by atoms with Crippen LogP contribution in [-0.4, -0.2) is 15.9 Å². The molecule has 6 heteroatoms. The molecule has 0 atom stereocenters. The number of halogens is 2. The van der Waals surface area contributed by atoms with Gasteiger partial charge in [-0.05, 0) is 28.4 Å². The van der Waals surface area contributed by atoms with Crippen molar-refractivity contribution >= 4 is 45.7 Å². The summed E-state index contributed by atoms with van der Waals surface area (Å²) in [6.07, 6.45) is 0. The van der Waals surface area contributed by atoms with Gasteiger partial charge in [-0.3, -0.25) is 4.79 Å². The van der Waals surface area contributed by atoms with E-state index in [1.54, 1.807) is 6.07 Å². The Kier molecular flexibility index (Phi) is 3.73. The Hall–Kier alpha value is -2.17. The Morgan fingerprint density at radius 3 is 2.57 bits per heavy atom. The maximum atomic E-state index is 12.4. The van der Waals surface area contributed by atoms with Gasteiger partial charge in [0, 0.05) is 11.6 Å². The van der Waals surface area contributed by atoms with Crippen LogP contribution in [0.4, 0.5) is 5.82 Å². The summed E-state index contributed by atoms with van der Waals surface area (Å²) in [5.41, 5.74) is 0.555. The number of fused-ring (bicyclic) bond motifs is 1. The Bertz CT molecular complexity index is 811. The number of nitrogens with one attached hydrogen (secondary N) is 1. The summed E-state index contributed by atoms with van der Waals surface area (Å²) in [6, 6.07) is 14.6. The summed E-state index contributed by atoms with van der Waals surface area (Å²) in [6.45, 7) is 0. The molecule has 0 bridgehead atoms. The number of aromatic nitrogens is 2. The van der Waals surface area contributed by atoms with Gasteiger partial charge in [-0.1, -0.05) is 48.0 Å². The molecule has 0 saturated heterocycles. The Morgan fingerprint density at radius 1 is 1.00 bits per heavy atom. The standard InChI is InChI=1S/C15H9Cl2N3O/c16-12-8-13(20-15(17)18-12)19-14(21)11-7-3-5-9-4-1-2-6-10(9)11/h1-8H,(H,18,19,20,21). The average molecular weight is 318 g/mol. The Morgan fingerprint density at radius 2 is 1.76 bits per heavy atom. The second-order valence-electron chi connectivity index (χ2n) is 4.33. The van der Waals surface area contributed by atoms with Gasteiger partial charge >= 0.3 is 0 Å². The van der Waals surface area contributed by atoms with Crippen LogP contribution < -0.4 is 5.32 Å². The number of amides is 1. The summed E-state index contributed by atoms with van der Waals surface area (Å²) in [4.78, 5) is 20.0. The molecule has 0 aliphatic carbocycles. The van der Waals surface area contributed by atoms with Gasteiger partial charge in [-0.2, -0.15) is 0 Å². The number of nitrogens with zero attached hydrogens (tertiary/aromatic N) is 2. The molecule has 0 spiro atoms. The minimum atomic E-state index is -0.280. The van der Waals surface area contributed by atoms with Gasteiger partial charge in [0.2, 0.25) is 5.28 Å². The maximum absolute atomic E-state index is 12.4. The van der Waals surface area contributed by atoms with Crippen LogP contribution in [0.2, 0.25) is 10.4 Å². The molecule has 21 heavy (non-hydrogen) atoms. The van der Waals surface area contributed by atoms with E-state index in [0.717, 1.165) is 10.8 Å². The van der Waals surface area contributed by atoms with Crippen molar-refractivity contribution in [3.63, 3.8) is 0 Å². The lowest BCUT2D eigenvalue weighted by Crippen LogP contribution is -2.13. The van der Waals surface area contributed by atoms with E-state index in [1.807, 2.05) is 36.4 Å². The third kappa shape index (κ3) is 2.96. The predicted molar refractivity (Wildman–Crippen MR) is 84.0 cm³/mol. The lowest BCUT2D eigenvalue weighted by Gasteiger charge is -2.07. The number of rotatable bonds is 2. The van der Waals surface area contributed by atoms with Crippen molar-refractivity contribution in [3.05, 3.63) is 64.5 Å². The van der Waals surface area contributed by atoms with Crippen LogP contribution in [0.1, 0.15) is 10.4 Å². The summed E-state index contributed by atoms with van der Waals surface area (Å²) in [5, 5.41) is 4.68. The SMILES string of the molecule is O=C(Nc1cc(Cl)nc(Cl)n1)c1cccc2ccccc12. The molecule has 0 unspecified atom stereocenters. The van der Waals surface area contributed by atoms with Crippen LogP contribution in [0.5, 0.6) is 0 Å². The molecule has 0 aliphatic heterocycles. The first-order valence-electron chi connectivity index (χ1n) is 6.13. The highest BCUT2D eigenvalue weighted by Crippen LogP contribution is 2.20. The molecule has 2 aromatic carbocycles. The maximum Gasteiger partial charge on any atom is 0.257 e. The fourth-order valence-corrected chi connectivity index (χ4v) is 2.47. The third-order valence-electron chi connectivity index (χ3n) is 2.94. The predicted octanol–water partition coefficient (Wildman–Crippen LogP) is 4.19. The number of carbonyl (C=O) groups excluding carboxylic acids is 1. The highest BCUT2D eigenvalue weighted by Gasteiger charge is 2.11. The number of benzene rings is 2. The van der Waals surface area contributed by atoms with Crippen molar-refractivity contribution in [2.75, 3.05) is 5.32 Å². The molecule has 0 radical (unpaired) electrons. The molecule has 3 rings (SSSR count). The second-order valence-corrected chi connectivity index (χ2v) is 5.05. The van der Waals surface area contributed by atoms with Gasteiger partial charge in [0.15, 0.2) is 0 Å². The van der Waals surface area contributed by atoms with Crippen molar-refractivity contribution < 1.29 is 4.79 Å². The molecule has 3 aromatic rings. The number of anilines is 1. The molecule has 1 heterocycles. The first-order chi connectivity index (χ1) is 10.1. The van der Waals surface area contributed by atoms with E-state index in [-0.39, 0.29) is 22.2 Å². The highest BCUT2D eigenvalue weighted by atomic mass is 35.5. The summed E-state index contributed by atoms with van der Waals surface area (Å²) >= 11 is 11.5. The van der Waals surface area contributed by atoms with E-state index < -0.39 is 0 Å². The number of carbonyl (C=O) groups is 1. The molecular weight excluding hydrogens is 309 g/mol. The van der Waals surface area contributed by atoms with Crippen LogP contribution in [0.3, 0.4) is 0 Å². The van der Waals surface area contributed by atoms with Crippen molar-refractivity contribution in [2.24, 2.45) is 0 Å². The molecule has 1 N–H and O–H groups in total. The molecular formula is C15H9Cl2N3O. The van der Waals surface area contributed by atoms with E-state index in [9.17, 15) is 4.79 Å². The minimum absolute atomic E-state index is 0.0179. The normalized spacial score (nSPS) is 10.6. The number of hydrogen-bond acceptors (Lipinski definition) is 3. The van der Waals surface area contributed by atoms with E-state index >= 15 is 0 Å². The second kappa shape index (κ2) is 5.68. The lowest BCUT2D eigenvalue weighted by molar-refractivity contribution is 0.102. The van der Waals surface area contributed by atoms with Gasteiger partial charge in [0.25, 0.3) is 5.91 Å². The molecule has 0 fully saturated rings. The Balaban J connectivity index is 1.97. The third-order valence-corrected chi connectivity index (χ3v) is 3.31. The number of hydrogen-bond donors (Lipinski definition) is 1. The first-order valence-corrected chi connectivity index (χ1v) is 6.88. The van der Waals surface area contributed by atoms with E-state index in [1.165, 1.54) is 6.07 Å². The minimum Gasteiger partial charge on any atom is -0.306 e. The van der Waals surface area contributed by atoms with Crippen LogP contribution in [0.25, 0.3) is 10.8 Å². The van der Waals surface area contributed by atoms with Crippen molar-refractivity contribution in [1.82, 2.24) is 9.97 Å².